The molecule has 0 aliphatic heterocycles. The lowest BCUT2D eigenvalue weighted by molar-refractivity contribution is -0.144. The average Bonchev–Trinajstić information content (AvgIpc) is 2.90. The Morgan fingerprint density at radius 3 is 1.68 bits per heavy atom. The number of carbonyl (C=O) groups excluding carboxylic acids is 4. The Kier molecular flexibility index (Phi) is 14.7. The third-order valence-corrected chi connectivity index (χ3v) is 6.14. The van der Waals surface area contributed by atoms with E-state index in [9.17, 15) is 54.0 Å². The van der Waals surface area contributed by atoms with Crippen LogP contribution in [-0.2, 0) is 40.0 Å². The number of aliphatic hydroxyl groups is 1. The van der Waals surface area contributed by atoms with Gasteiger partial charge in [-0.25, -0.2) is 4.79 Å². The van der Waals surface area contributed by atoms with Crippen LogP contribution in [0.4, 0.5) is 0 Å². The number of aliphatic carboxylic acids is 3. The van der Waals surface area contributed by atoms with Gasteiger partial charge in [-0.2, -0.15) is 0 Å². The summed E-state index contributed by atoms with van der Waals surface area (Å²) in [5.74, 6) is -8.91. The van der Waals surface area contributed by atoms with Crippen molar-refractivity contribution in [2.75, 3.05) is 0 Å². The Bertz CT molecular complexity index is 1200. The Labute approximate surface area is 252 Å². The van der Waals surface area contributed by atoms with Crippen LogP contribution in [0.15, 0.2) is 24.3 Å². The largest absolute Gasteiger partial charge is 0.508 e. The van der Waals surface area contributed by atoms with Gasteiger partial charge in [0.1, 0.15) is 29.9 Å². The van der Waals surface area contributed by atoms with E-state index < -0.39 is 90.7 Å². The summed E-state index contributed by atoms with van der Waals surface area (Å²) in [6.07, 6.45) is -3.53. The van der Waals surface area contributed by atoms with Crippen LogP contribution in [0.1, 0.15) is 45.6 Å². The minimum Gasteiger partial charge on any atom is -0.508 e. The summed E-state index contributed by atoms with van der Waals surface area (Å²) < 4.78 is 0. The SMILES string of the molecule is CC(C)C[C@H](NC(=O)[C@@H](N)CC(=O)O)C(=O)N[C@H](C(=O)N[C@@H](CC(=O)O)C(=O)N[C@@H](Cc1ccc(O)cc1)C(=O)O)[C@@H](C)O. The van der Waals surface area contributed by atoms with Crippen molar-refractivity contribution < 1.29 is 59.1 Å². The summed E-state index contributed by atoms with van der Waals surface area (Å²) in [7, 11) is 0. The number of phenolic OH excluding ortho intramolecular Hbond substituents is 1. The van der Waals surface area contributed by atoms with Crippen molar-refractivity contribution in [2.24, 2.45) is 11.7 Å². The monoisotopic (exact) mass is 625 g/mol. The number of amides is 4. The van der Waals surface area contributed by atoms with Gasteiger partial charge in [-0.1, -0.05) is 26.0 Å². The minimum absolute atomic E-state index is 0.0210. The summed E-state index contributed by atoms with van der Waals surface area (Å²) in [6, 6.07) is -2.52. The maximum Gasteiger partial charge on any atom is 0.326 e. The highest BCUT2D eigenvalue weighted by Crippen LogP contribution is 2.12. The molecule has 244 valence electrons. The van der Waals surface area contributed by atoms with E-state index in [1.165, 1.54) is 24.3 Å². The molecule has 0 aliphatic rings. The first-order chi connectivity index (χ1) is 20.4. The van der Waals surface area contributed by atoms with Crippen LogP contribution in [0.5, 0.6) is 5.75 Å². The number of aliphatic hydroxyl groups excluding tert-OH is 1. The molecule has 11 N–H and O–H groups in total. The molecular formula is C27H39N5O12. The fraction of sp³-hybridized carbons (Fsp3) is 0.519. The number of benzene rings is 1. The van der Waals surface area contributed by atoms with Crippen molar-refractivity contribution in [2.45, 2.75) is 82.8 Å². The Hall–Kier alpha value is -4.77. The second kappa shape index (κ2) is 17.4. The standard InChI is InChI=1S/C27H39N5O12/c1-12(2)8-17(29-23(39)16(28)10-20(35)36)25(41)32-22(13(3)33)26(42)30-18(11-21(37)38)24(40)31-19(27(43)44)9-14-4-6-15(34)7-5-14/h4-7,12-13,16-19,22,33-34H,8-11,28H2,1-3H3,(H,29,39)(H,30,42)(H,31,40)(H,32,41)(H,35,36)(H,37,38)(H,43,44)/t13-,16+,17+,18+,19+,22+/m1/s1. The number of nitrogens with two attached hydrogens (primary N) is 1. The van der Waals surface area contributed by atoms with Gasteiger partial charge in [0.2, 0.25) is 23.6 Å². The average molecular weight is 626 g/mol. The summed E-state index contributed by atoms with van der Waals surface area (Å²) in [5.41, 5.74) is 5.97. The van der Waals surface area contributed by atoms with Crippen molar-refractivity contribution >= 4 is 41.5 Å². The van der Waals surface area contributed by atoms with Gasteiger partial charge in [0.15, 0.2) is 0 Å². The maximum atomic E-state index is 13.1. The molecule has 1 aromatic carbocycles. The van der Waals surface area contributed by atoms with Gasteiger partial charge >= 0.3 is 17.9 Å². The number of carboxylic acids is 3. The van der Waals surface area contributed by atoms with Gasteiger partial charge in [0.05, 0.1) is 25.0 Å². The topological polar surface area (TPSA) is 295 Å². The predicted octanol–water partition coefficient (Wildman–Crippen LogP) is -2.34. The van der Waals surface area contributed by atoms with Gasteiger partial charge in [0, 0.05) is 6.42 Å². The first-order valence-corrected chi connectivity index (χ1v) is 13.5. The maximum absolute atomic E-state index is 13.1. The van der Waals surface area contributed by atoms with Crippen molar-refractivity contribution in [3.8, 4) is 5.75 Å². The van der Waals surface area contributed by atoms with Gasteiger partial charge in [0.25, 0.3) is 0 Å². The Morgan fingerprint density at radius 1 is 0.705 bits per heavy atom. The molecule has 17 heteroatoms. The molecule has 0 radical (unpaired) electrons. The number of phenols is 1. The van der Waals surface area contributed by atoms with E-state index in [-0.39, 0.29) is 24.5 Å². The number of rotatable bonds is 18. The van der Waals surface area contributed by atoms with Gasteiger partial charge < -0.3 is 52.5 Å². The fourth-order valence-corrected chi connectivity index (χ4v) is 3.91. The van der Waals surface area contributed by atoms with Crippen LogP contribution in [0, 0.1) is 5.92 Å². The molecule has 0 unspecified atom stereocenters. The van der Waals surface area contributed by atoms with Crippen molar-refractivity contribution in [3.63, 3.8) is 0 Å². The van der Waals surface area contributed by atoms with Crippen LogP contribution in [0.3, 0.4) is 0 Å². The molecule has 0 saturated carbocycles. The molecule has 44 heavy (non-hydrogen) atoms. The van der Waals surface area contributed by atoms with E-state index >= 15 is 0 Å². The highest BCUT2D eigenvalue weighted by Gasteiger charge is 2.35. The van der Waals surface area contributed by atoms with E-state index in [1.54, 1.807) is 13.8 Å². The van der Waals surface area contributed by atoms with Crippen LogP contribution < -0.4 is 27.0 Å². The smallest absolute Gasteiger partial charge is 0.326 e. The molecule has 1 aromatic rings. The molecule has 0 bridgehead atoms. The zero-order chi connectivity index (χ0) is 33.7. The lowest BCUT2D eigenvalue weighted by Gasteiger charge is -2.27. The Balaban J connectivity index is 3.11. The van der Waals surface area contributed by atoms with E-state index in [2.05, 4.69) is 21.3 Å². The van der Waals surface area contributed by atoms with Crippen LogP contribution in [-0.4, -0.2) is 103 Å². The second-order valence-electron chi connectivity index (χ2n) is 10.6. The molecule has 0 saturated heterocycles. The summed E-state index contributed by atoms with van der Waals surface area (Å²) >= 11 is 0. The van der Waals surface area contributed by atoms with Crippen molar-refractivity contribution in [3.05, 3.63) is 29.8 Å². The number of hydrogen-bond acceptors (Lipinski definition) is 10. The molecule has 0 fully saturated rings. The summed E-state index contributed by atoms with van der Waals surface area (Å²) in [5, 5.41) is 56.2. The second-order valence-corrected chi connectivity index (χ2v) is 10.6. The first kappa shape index (κ1) is 37.3. The van der Waals surface area contributed by atoms with Crippen LogP contribution >= 0.6 is 0 Å². The molecule has 0 heterocycles. The lowest BCUT2D eigenvalue weighted by atomic mass is 10.0. The minimum atomic E-state index is -1.83. The third-order valence-electron chi connectivity index (χ3n) is 6.14. The lowest BCUT2D eigenvalue weighted by Crippen LogP contribution is -2.61. The zero-order valence-corrected chi connectivity index (χ0v) is 24.4. The molecule has 1 rings (SSSR count). The van der Waals surface area contributed by atoms with E-state index in [0.717, 1.165) is 6.92 Å². The molecule has 0 spiro atoms. The number of nitrogens with one attached hydrogen (secondary N) is 4. The highest BCUT2D eigenvalue weighted by molar-refractivity contribution is 5.97. The van der Waals surface area contributed by atoms with Gasteiger partial charge in [-0.15, -0.1) is 0 Å². The predicted molar refractivity (Wildman–Crippen MR) is 151 cm³/mol. The Morgan fingerprint density at radius 2 is 1.20 bits per heavy atom. The number of aromatic hydroxyl groups is 1. The third kappa shape index (κ3) is 13.0. The van der Waals surface area contributed by atoms with Crippen molar-refractivity contribution in [1.82, 2.24) is 21.3 Å². The van der Waals surface area contributed by atoms with Gasteiger partial charge in [-0.05, 0) is 37.0 Å². The molecule has 17 nitrogen and oxygen atoms in total. The summed E-state index contributed by atoms with van der Waals surface area (Å²) in [6.45, 7) is 4.54. The molecular weight excluding hydrogens is 586 g/mol. The number of carboxylic acid groups (broad SMARTS) is 3. The molecule has 4 amide bonds. The first-order valence-electron chi connectivity index (χ1n) is 13.5. The van der Waals surface area contributed by atoms with Crippen LogP contribution in [0.25, 0.3) is 0 Å². The van der Waals surface area contributed by atoms with E-state index in [4.69, 9.17) is 10.8 Å². The van der Waals surface area contributed by atoms with E-state index in [1.807, 2.05) is 0 Å². The quantitative estimate of drug-likeness (QED) is 0.0819. The number of carbonyl (C=O) groups is 7. The fourth-order valence-electron chi connectivity index (χ4n) is 3.91. The number of hydrogen-bond donors (Lipinski definition) is 10. The highest BCUT2D eigenvalue weighted by atomic mass is 16.4. The molecule has 6 atom stereocenters. The van der Waals surface area contributed by atoms with Crippen LogP contribution in [0.2, 0.25) is 0 Å². The zero-order valence-electron chi connectivity index (χ0n) is 24.4. The van der Waals surface area contributed by atoms with Crippen molar-refractivity contribution in [1.29, 1.82) is 0 Å². The molecule has 0 aliphatic carbocycles. The molecule has 0 aromatic heterocycles. The normalized spacial score (nSPS) is 15.0. The van der Waals surface area contributed by atoms with E-state index in [0.29, 0.717) is 5.56 Å². The summed E-state index contributed by atoms with van der Waals surface area (Å²) in [4.78, 5) is 85.6. The van der Waals surface area contributed by atoms with Gasteiger partial charge in [-0.3, -0.25) is 28.8 Å².